The van der Waals surface area contributed by atoms with E-state index in [1.165, 1.54) is 43.7 Å². The molecule has 0 atom stereocenters. The molecule has 3 aromatic heterocycles. The summed E-state index contributed by atoms with van der Waals surface area (Å²) < 4.78 is 4.77. The second-order valence-electron chi connectivity index (χ2n) is 15.7. The van der Waals surface area contributed by atoms with Gasteiger partial charge in [-0.2, -0.15) is 9.97 Å². The van der Waals surface area contributed by atoms with Crippen LogP contribution in [0, 0.1) is 0 Å². The first-order chi connectivity index (χ1) is 31.3. The van der Waals surface area contributed by atoms with Crippen LogP contribution in [0.15, 0.2) is 231 Å². The molecule has 0 aliphatic heterocycles. The van der Waals surface area contributed by atoms with Crippen LogP contribution in [-0.4, -0.2) is 24.1 Å². The van der Waals surface area contributed by atoms with E-state index in [0.717, 1.165) is 44.9 Å². The molecule has 0 aliphatic rings. The monoisotopic (exact) mass is 806 g/mol. The number of anilines is 3. The summed E-state index contributed by atoms with van der Waals surface area (Å²) in [6, 6.07) is 81.0. The molecular formula is C57H38N6. The molecule has 0 aliphatic carbocycles. The molecule has 0 saturated heterocycles. The van der Waals surface area contributed by atoms with Gasteiger partial charge in [-0.05, 0) is 83.9 Å². The molecule has 0 spiro atoms. The van der Waals surface area contributed by atoms with E-state index in [0.29, 0.717) is 17.6 Å². The Hall–Kier alpha value is -8.61. The summed E-state index contributed by atoms with van der Waals surface area (Å²) in [5, 5.41) is 4.89. The Labute approximate surface area is 364 Å². The molecule has 12 aromatic rings. The number of fused-ring (bicyclic) bond motifs is 6. The highest BCUT2D eigenvalue weighted by Gasteiger charge is 2.22. The first kappa shape index (κ1) is 36.3. The van der Waals surface area contributed by atoms with Crippen molar-refractivity contribution in [3.05, 3.63) is 231 Å². The lowest BCUT2D eigenvalue weighted by Crippen LogP contribution is -2.15. The third-order valence-electron chi connectivity index (χ3n) is 12.0. The second kappa shape index (κ2) is 15.1. The van der Waals surface area contributed by atoms with Crippen LogP contribution in [0.25, 0.3) is 88.9 Å². The molecule has 0 N–H and O–H groups in total. The van der Waals surface area contributed by atoms with E-state index >= 15 is 0 Å². The van der Waals surface area contributed by atoms with Crippen molar-refractivity contribution in [2.75, 3.05) is 4.90 Å². The lowest BCUT2D eigenvalue weighted by atomic mass is 9.98. The van der Waals surface area contributed by atoms with E-state index in [9.17, 15) is 0 Å². The highest BCUT2D eigenvalue weighted by Crippen LogP contribution is 2.42. The molecule has 0 amide bonds. The Balaban J connectivity index is 1.02. The molecule has 0 bridgehead atoms. The normalized spacial score (nSPS) is 11.5. The fourth-order valence-corrected chi connectivity index (χ4v) is 9.14. The number of aromatic nitrogens is 5. The quantitative estimate of drug-likeness (QED) is 0.153. The zero-order valence-electron chi connectivity index (χ0n) is 34.1. The maximum Gasteiger partial charge on any atom is 0.238 e. The van der Waals surface area contributed by atoms with E-state index in [4.69, 9.17) is 15.0 Å². The van der Waals surface area contributed by atoms with Gasteiger partial charge in [-0.3, -0.25) is 4.90 Å². The highest BCUT2D eigenvalue weighted by molar-refractivity contribution is 6.17. The van der Waals surface area contributed by atoms with Gasteiger partial charge >= 0.3 is 0 Å². The number of rotatable bonds is 8. The highest BCUT2D eigenvalue weighted by atomic mass is 15.3. The first-order valence-electron chi connectivity index (χ1n) is 21.2. The van der Waals surface area contributed by atoms with Gasteiger partial charge in [0, 0.05) is 55.4 Å². The Morgan fingerprint density at radius 3 is 1.48 bits per heavy atom. The fourth-order valence-electron chi connectivity index (χ4n) is 9.14. The van der Waals surface area contributed by atoms with Gasteiger partial charge in [0.05, 0.1) is 22.1 Å². The average Bonchev–Trinajstić information content (AvgIpc) is 3.88. The predicted molar refractivity (Wildman–Crippen MR) is 259 cm³/mol. The van der Waals surface area contributed by atoms with Gasteiger partial charge in [-0.25, -0.2) is 4.98 Å². The SMILES string of the molecule is c1ccc(-c2nc(-c3ccccc3)nc(N(c3ccccc3)c3ccc(-n4c5ccccc5c5ccc(-c6cccc7c6c6ccccc6n7-c6ccccc6)cc54)cc3)n2)cc1. The molecule has 0 radical (unpaired) electrons. The van der Waals surface area contributed by atoms with E-state index in [1.807, 2.05) is 78.9 Å². The zero-order valence-corrected chi connectivity index (χ0v) is 34.1. The number of hydrogen-bond acceptors (Lipinski definition) is 4. The molecular weight excluding hydrogens is 769 g/mol. The van der Waals surface area contributed by atoms with Gasteiger partial charge in [0.1, 0.15) is 0 Å². The van der Waals surface area contributed by atoms with Gasteiger partial charge in [-0.1, -0.05) is 158 Å². The molecule has 296 valence electrons. The third kappa shape index (κ3) is 6.23. The topological polar surface area (TPSA) is 51.8 Å². The Bertz CT molecular complexity index is 3540. The summed E-state index contributed by atoms with van der Waals surface area (Å²) >= 11 is 0. The Kier molecular flexibility index (Phi) is 8.71. The summed E-state index contributed by atoms with van der Waals surface area (Å²) in [6.45, 7) is 0. The molecule has 0 fully saturated rings. The van der Waals surface area contributed by atoms with Crippen LogP contribution in [0.1, 0.15) is 0 Å². The Morgan fingerprint density at radius 2 is 0.810 bits per heavy atom. The number of hydrogen-bond donors (Lipinski definition) is 0. The molecule has 63 heavy (non-hydrogen) atoms. The summed E-state index contributed by atoms with van der Waals surface area (Å²) in [4.78, 5) is 17.3. The van der Waals surface area contributed by atoms with Crippen molar-refractivity contribution in [2.45, 2.75) is 0 Å². The van der Waals surface area contributed by atoms with Crippen LogP contribution in [-0.2, 0) is 0 Å². The van der Waals surface area contributed by atoms with E-state index in [2.05, 4.69) is 166 Å². The first-order valence-corrected chi connectivity index (χ1v) is 21.2. The molecule has 12 rings (SSSR count). The maximum absolute atomic E-state index is 5.13. The minimum Gasteiger partial charge on any atom is -0.309 e. The number of nitrogens with zero attached hydrogens (tertiary/aromatic N) is 6. The standard InChI is InChI=1S/C57H38N6/c1-5-18-39(19-6-1)55-58-56(40-20-7-2-8-21-40)60-57(59-55)61(42-22-9-3-10-23-42)44-33-35-45(36-34-44)63-50-29-15-13-26-47(50)48-37-32-41(38-53(48)63)46-28-17-31-52-54(46)49-27-14-16-30-51(49)62(52)43-24-11-4-12-25-43/h1-38H. The molecule has 6 heteroatoms. The average molecular weight is 807 g/mol. The van der Waals surface area contributed by atoms with Crippen LogP contribution in [0.4, 0.5) is 17.3 Å². The van der Waals surface area contributed by atoms with Crippen LogP contribution in [0.3, 0.4) is 0 Å². The molecule has 0 unspecified atom stereocenters. The van der Waals surface area contributed by atoms with Crippen molar-refractivity contribution in [3.63, 3.8) is 0 Å². The van der Waals surface area contributed by atoms with Gasteiger partial charge in [0.15, 0.2) is 11.6 Å². The zero-order chi connectivity index (χ0) is 41.7. The van der Waals surface area contributed by atoms with E-state index < -0.39 is 0 Å². The van der Waals surface area contributed by atoms with Crippen molar-refractivity contribution in [3.8, 4) is 45.3 Å². The third-order valence-corrected chi connectivity index (χ3v) is 12.0. The predicted octanol–water partition coefficient (Wildman–Crippen LogP) is 14.5. The summed E-state index contributed by atoms with van der Waals surface area (Å²) in [5.74, 6) is 1.75. The molecule has 9 aromatic carbocycles. The smallest absolute Gasteiger partial charge is 0.238 e. The van der Waals surface area contributed by atoms with E-state index in [-0.39, 0.29) is 0 Å². The van der Waals surface area contributed by atoms with Crippen LogP contribution in [0.5, 0.6) is 0 Å². The number of benzene rings is 9. The molecule has 0 saturated carbocycles. The maximum atomic E-state index is 5.13. The largest absolute Gasteiger partial charge is 0.309 e. The van der Waals surface area contributed by atoms with Gasteiger partial charge in [0.2, 0.25) is 5.95 Å². The molecule has 3 heterocycles. The van der Waals surface area contributed by atoms with Crippen molar-refractivity contribution in [1.29, 1.82) is 0 Å². The Morgan fingerprint density at radius 1 is 0.317 bits per heavy atom. The minimum absolute atomic E-state index is 0.533. The summed E-state index contributed by atoms with van der Waals surface area (Å²) in [5.41, 5.74) is 12.9. The van der Waals surface area contributed by atoms with Crippen molar-refractivity contribution in [2.24, 2.45) is 0 Å². The van der Waals surface area contributed by atoms with E-state index in [1.54, 1.807) is 0 Å². The lowest BCUT2D eigenvalue weighted by Gasteiger charge is -2.24. The minimum atomic E-state index is 0.533. The van der Waals surface area contributed by atoms with Crippen LogP contribution in [0.2, 0.25) is 0 Å². The summed E-state index contributed by atoms with van der Waals surface area (Å²) in [6.07, 6.45) is 0. The van der Waals surface area contributed by atoms with Gasteiger partial charge in [-0.15, -0.1) is 0 Å². The van der Waals surface area contributed by atoms with Gasteiger partial charge < -0.3 is 9.13 Å². The van der Waals surface area contributed by atoms with Crippen LogP contribution >= 0.6 is 0 Å². The fraction of sp³-hybridized carbons (Fsp3) is 0. The van der Waals surface area contributed by atoms with Gasteiger partial charge in [0.25, 0.3) is 0 Å². The van der Waals surface area contributed by atoms with Crippen molar-refractivity contribution < 1.29 is 0 Å². The molecule has 6 nitrogen and oxygen atoms in total. The number of para-hydroxylation sites is 4. The van der Waals surface area contributed by atoms with Crippen LogP contribution < -0.4 is 4.90 Å². The van der Waals surface area contributed by atoms with Crippen molar-refractivity contribution in [1.82, 2.24) is 24.1 Å². The summed E-state index contributed by atoms with van der Waals surface area (Å²) in [7, 11) is 0. The van der Waals surface area contributed by atoms with Crippen molar-refractivity contribution >= 4 is 60.9 Å². The lowest BCUT2D eigenvalue weighted by molar-refractivity contribution is 1.02. The second-order valence-corrected chi connectivity index (χ2v) is 15.7.